The molecule has 4 heteroatoms. The van der Waals surface area contributed by atoms with Crippen molar-refractivity contribution in [3.05, 3.63) is 29.8 Å². The van der Waals surface area contributed by atoms with Gasteiger partial charge in [-0.1, -0.05) is 0 Å². The van der Waals surface area contributed by atoms with Crippen LogP contribution in [0.15, 0.2) is 23.1 Å². The first kappa shape index (κ1) is 10.5. The van der Waals surface area contributed by atoms with Gasteiger partial charge in [-0.05, 0) is 25.1 Å². The summed E-state index contributed by atoms with van der Waals surface area (Å²) in [7, 11) is 0. The Morgan fingerprint density at radius 2 is 2.08 bits per heavy atom. The average Bonchev–Trinajstić information content (AvgIpc) is 2.07. The van der Waals surface area contributed by atoms with E-state index in [4.69, 9.17) is 5.73 Å². The van der Waals surface area contributed by atoms with Crippen molar-refractivity contribution in [2.75, 3.05) is 5.75 Å². The fourth-order valence-electron chi connectivity index (χ4n) is 0.794. The van der Waals surface area contributed by atoms with E-state index in [-0.39, 0.29) is 6.04 Å². The zero-order valence-electron chi connectivity index (χ0n) is 7.26. The predicted molar refractivity (Wildman–Crippen MR) is 50.7 cm³/mol. The molecule has 1 aromatic carbocycles. The molecule has 0 saturated heterocycles. The minimum absolute atomic E-state index is 0.0538. The van der Waals surface area contributed by atoms with Gasteiger partial charge in [0, 0.05) is 16.7 Å². The summed E-state index contributed by atoms with van der Waals surface area (Å²) in [5, 5.41) is 0. The van der Waals surface area contributed by atoms with Crippen LogP contribution in [-0.4, -0.2) is 11.8 Å². The van der Waals surface area contributed by atoms with Crippen molar-refractivity contribution < 1.29 is 8.78 Å². The SMILES string of the molecule is C[C@H](N)CSc1ccc(F)c(F)c1. The van der Waals surface area contributed by atoms with E-state index in [1.165, 1.54) is 17.8 Å². The molecule has 13 heavy (non-hydrogen) atoms. The number of halogens is 2. The maximum absolute atomic E-state index is 12.7. The minimum Gasteiger partial charge on any atom is -0.327 e. The molecule has 1 aromatic rings. The third kappa shape index (κ3) is 3.32. The van der Waals surface area contributed by atoms with Crippen LogP contribution in [0, 0.1) is 11.6 Å². The lowest BCUT2D eigenvalue weighted by Crippen LogP contribution is -2.17. The number of nitrogens with two attached hydrogens (primary N) is 1. The summed E-state index contributed by atoms with van der Waals surface area (Å²) in [6, 6.07) is 3.91. The van der Waals surface area contributed by atoms with Gasteiger partial charge in [0.1, 0.15) is 0 Å². The molecule has 0 aliphatic heterocycles. The van der Waals surface area contributed by atoms with Crippen molar-refractivity contribution in [3.8, 4) is 0 Å². The summed E-state index contributed by atoms with van der Waals surface area (Å²) in [6.45, 7) is 1.87. The first-order chi connectivity index (χ1) is 6.09. The molecule has 0 aliphatic carbocycles. The minimum atomic E-state index is -0.815. The van der Waals surface area contributed by atoms with Crippen LogP contribution in [0.25, 0.3) is 0 Å². The Morgan fingerprint density at radius 1 is 1.38 bits per heavy atom. The number of hydrogen-bond donors (Lipinski definition) is 1. The molecule has 0 bridgehead atoms. The van der Waals surface area contributed by atoms with Crippen LogP contribution in [0.5, 0.6) is 0 Å². The molecule has 1 atom stereocenters. The van der Waals surface area contributed by atoms with Gasteiger partial charge in [0.05, 0.1) is 0 Å². The highest BCUT2D eigenvalue weighted by Crippen LogP contribution is 2.20. The summed E-state index contributed by atoms with van der Waals surface area (Å²) in [5.41, 5.74) is 5.52. The monoisotopic (exact) mass is 203 g/mol. The van der Waals surface area contributed by atoms with Crippen molar-refractivity contribution in [2.24, 2.45) is 5.73 Å². The van der Waals surface area contributed by atoms with Crippen LogP contribution in [-0.2, 0) is 0 Å². The smallest absolute Gasteiger partial charge is 0.159 e. The Labute approximate surface area is 80.3 Å². The lowest BCUT2D eigenvalue weighted by molar-refractivity contribution is 0.506. The molecule has 0 heterocycles. The molecule has 0 amide bonds. The summed E-state index contributed by atoms with van der Waals surface area (Å²) in [4.78, 5) is 0.705. The van der Waals surface area contributed by atoms with E-state index in [2.05, 4.69) is 0 Å². The van der Waals surface area contributed by atoms with Crippen molar-refractivity contribution in [1.29, 1.82) is 0 Å². The van der Waals surface area contributed by atoms with E-state index in [9.17, 15) is 8.78 Å². The first-order valence-electron chi connectivity index (χ1n) is 3.93. The van der Waals surface area contributed by atoms with Gasteiger partial charge in [0.2, 0.25) is 0 Å². The molecular weight excluding hydrogens is 192 g/mol. The molecule has 0 fully saturated rings. The molecular formula is C9H11F2NS. The van der Waals surface area contributed by atoms with Gasteiger partial charge < -0.3 is 5.73 Å². The van der Waals surface area contributed by atoms with E-state index in [1.807, 2.05) is 6.92 Å². The Balaban J connectivity index is 2.63. The second-order valence-corrected chi connectivity index (χ2v) is 3.96. The quantitative estimate of drug-likeness (QED) is 0.763. The maximum atomic E-state index is 12.7. The standard InChI is InChI=1S/C9H11F2NS/c1-6(12)5-13-7-2-3-8(10)9(11)4-7/h2-4,6H,5,12H2,1H3/t6-/m0/s1. The van der Waals surface area contributed by atoms with E-state index in [0.717, 1.165) is 6.07 Å². The number of benzene rings is 1. The fourth-order valence-corrected chi connectivity index (χ4v) is 1.60. The zero-order chi connectivity index (χ0) is 9.84. The maximum Gasteiger partial charge on any atom is 0.159 e. The van der Waals surface area contributed by atoms with E-state index >= 15 is 0 Å². The Bertz CT molecular complexity index is 289. The Hall–Kier alpha value is -0.610. The van der Waals surface area contributed by atoms with Gasteiger partial charge in [0.15, 0.2) is 11.6 Å². The third-order valence-electron chi connectivity index (χ3n) is 1.40. The lowest BCUT2D eigenvalue weighted by Gasteiger charge is -2.04. The zero-order valence-corrected chi connectivity index (χ0v) is 8.07. The lowest BCUT2D eigenvalue weighted by atomic mass is 10.3. The summed E-state index contributed by atoms with van der Waals surface area (Å²) < 4.78 is 25.2. The van der Waals surface area contributed by atoms with E-state index in [0.29, 0.717) is 10.6 Å². The molecule has 0 aromatic heterocycles. The van der Waals surface area contributed by atoms with E-state index in [1.54, 1.807) is 6.07 Å². The fraction of sp³-hybridized carbons (Fsp3) is 0.333. The highest BCUT2D eigenvalue weighted by atomic mass is 32.2. The molecule has 0 radical (unpaired) electrons. The van der Waals surface area contributed by atoms with Crippen molar-refractivity contribution >= 4 is 11.8 Å². The second kappa shape index (κ2) is 4.58. The predicted octanol–water partition coefficient (Wildman–Crippen LogP) is 2.40. The summed E-state index contributed by atoms with van der Waals surface area (Å²) in [6.07, 6.45) is 0. The molecule has 2 N–H and O–H groups in total. The third-order valence-corrected chi connectivity index (χ3v) is 2.68. The molecule has 1 rings (SSSR count). The molecule has 0 saturated carbocycles. The average molecular weight is 203 g/mol. The van der Waals surface area contributed by atoms with Crippen molar-refractivity contribution in [1.82, 2.24) is 0 Å². The van der Waals surface area contributed by atoms with Crippen molar-refractivity contribution in [3.63, 3.8) is 0 Å². The molecule has 72 valence electrons. The Kier molecular flexibility index (Phi) is 3.69. The topological polar surface area (TPSA) is 26.0 Å². The number of hydrogen-bond acceptors (Lipinski definition) is 2. The van der Waals surface area contributed by atoms with Crippen LogP contribution < -0.4 is 5.73 Å². The summed E-state index contributed by atoms with van der Waals surface area (Å²) >= 11 is 1.42. The first-order valence-corrected chi connectivity index (χ1v) is 4.91. The van der Waals surface area contributed by atoms with Gasteiger partial charge >= 0.3 is 0 Å². The molecule has 0 spiro atoms. The highest BCUT2D eigenvalue weighted by molar-refractivity contribution is 7.99. The van der Waals surface area contributed by atoms with Crippen molar-refractivity contribution in [2.45, 2.75) is 17.9 Å². The van der Waals surface area contributed by atoms with Gasteiger partial charge in [-0.3, -0.25) is 0 Å². The van der Waals surface area contributed by atoms with E-state index < -0.39 is 11.6 Å². The van der Waals surface area contributed by atoms with Gasteiger partial charge in [-0.15, -0.1) is 11.8 Å². The molecule has 0 unspecified atom stereocenters. The summed E-state index contributed by atoms with van der Waals surface area (Å²) in [5.74, 6) is -0.926. The molecule has 1 nitrogen and oxygen atoms in total. The van der Waals surface area contributed by atoms with Gasteiger partial charge in [-0.25, -0.2) is 8.78 Å². The number of thioether (sulfide) groups is 1. The van der Waals surface area contributed by atoms with Crippen LogP contribution in [0.1, 0.15) is 6.92 Å². The highest BCUT2D eigenvalue weighted by Gasteiger charge is 2.03. The van der Waals surface area contributed by atoms with Crippen LogP contribution in [0.4, 0.5) is 8.78 Å². The van der Waals surface area contributed by atoms with Crippen LogP contribution in [0.2, 0.25) is 0 Å². The second-order valence-electron chi connectivity index (χ2n) is 2.86. The van der Waals surface area contributed by atoms with Gasteiger partial charge in [0.25, 0.3) is 0 Å². The van der Waals surface area contributed by atoms with Crippen LogP contribution >= 0.6 is 11.8 Å². The number of rotatable bonds is 3. The normalized spacial score (nSPS) is 12.9. The largest absolute Gasteiger partial charge is 0.327 e. The Morgan fingerprint density at radius 3 is 2.62 bits per heavy atom. The van der Waals surface area contributed by atoms with Crippen LogP contribution in [0.3, 0.4) is 0 Å². The molecule has 0 aliphatic rings. The van der Waals surface area contributed by atoms with Gasteiger partial charge in [-0.2, -0.15) is 0 Å².